The van der Waals surface area contributed by atoms with Gasteiger partial charge in [0.05, 0.1) is 5.56 Å². The first-order chi connectivity index (χ1) is 12.5. The van der Waals surface area contributed by atoms with E-state index in [-0.39, 0.29) is 18.0 Å². The molecule has 0 spiro atoms. The standard InChI is InChI=1S/C19H19FN4O2.ClH/c1-24-11-9-18(23-24)22-19(25)16-12-15(6-7-17(16)20)26-14-4-2-13(3-5-14)8-10-21;/h2-7,9,11-12H,8,10,21H2,1H3,(H,22,23,25);1H. The molecule has 142 valence electrons. The molecule has 3 rings (SSSR count). The zero-order valence-corrected chi connectivity index (χ0v) is 15.5. The molecule has 8 heteroatoms. The van der Waals surface area contributed by atoms with E-state index < -0.39 is 11.7 Å². The van der Waals surface area contributed by atoms with Crippen LogP contribution in [-0.2, 0) is 13.5 Å². The number of ether oxygens (including phenoxy) is 1. The van der Waals surface area contributed by atoms with Gasteiger partial charge in [0.2, 0.25) is 0 Å². The Balaban J connectivity index is 0.00000261. The van der Waals surface area contributed by atoms with Crippen molar-refractivity contribution in [1.82, 2.24) is 9.78 Å². The Hall–Kier alpha value is -2.90. The van der Waals surface area contributed by atoms with Gasteiger partial charge in [-0.05, 0) is 48.9 Å². The number of carbonyl (C=O) groups is 1. The van der Waals surface area contributed by atoms with Gasteiger partial charge in [-0.2, -0.15) is 5.10 Å². The first kappa shape index (κ1) is 20.4. The second-order valence-corrected chi connectivity index (χ2v) is 5.76. The van der Waals surface area contributed by atoms with E-state index >= 15 is 0 Å². The highest BCUT2D eigenvalue weighted by Gasteiger charge is 2.14. The third kappa shape index (κ3) is 5.29. The summed E-state index contributed by atoms with van der Waals surface area (Å²) in [7, 11) is 1.73. The van der Waals surface area contributed by atoms with Gasteiger partial charge in [-0.25, -0.2) is 4.39 Å². The molecule has 0 fully saturated rings. The predicted molar refractivity (Wildman–Crippen MR) is 104 cm³/mol. The van der Waals surface area contributed by atoms with Crippen molar-refractivity contribution in [2.45, 2.75) is 6.42 Å². The quantitative estimate of drug-likeness (QED) is 0.674. The van der Waals surface area contributed by atoms with Gasteiger partial charge < -0.3 is 15.8 Å². The van der Waals surface area contributed by atoms with Crippen molar-refractivity contribution >= 4 is 24.1 Å². The molecule has 0 aliphatic rings. The van der Waals surface area contributed by atoms with Gasteiger partial charge in [-0.1, -0.05) is 12.1 Å². The van der Waals surface area contributed by atoms with Gasteiger partial charge in [0, 0.05) is 19.3 Å². The van der Waals surface area contributed by atoms with E-state index in [1.54, 1.807) is 24.0 Å². The van der Waals surface area contributed by atoms with Crippen LogP contribution in [0.2, 0.25) is 0 Å². The third-order valence-corrected chi connectivity index (χ3v) is 3.73. The Bertz CT molecular complexity index is 912. The summed E-state index contributed by atoms with van der Waals surface area (Å²) in [6.45, 7) is 0.576. The van der Waals surface area contributed by atoms with Crippen LogP contribution in [0.1, 0.15) is 15.9 Å². The van der Waals surface area contributed by atoms with Gasteiger partial charge >= 0.3 is 0 Å². The van der Waals surface area contributed by atoms with E-state index in [0.717, 1.165) is 12.0 Å². The normalized spacial score (nSPS) is 10.2. The fourth-order valence-corrected chi connectivity index (χ4v) is 2.43. The van der Waals surface area contributed by atoms with E-state index in [4.69, 9.17) is 10.5 Å². The molecule has 1 aromatic heterocycles. The van der Waals surface area contributed by atoms with Crippen molar-refractivity contribution in [3.8, 4) is 11.5 Å². The van der Waals surface area contributed by atoms with Crippen LogP contribution in [0, 0.1) is 5.82 Å². The number of anilines is 1. The number of carbonyl (C=O) groups excluding carboxylic acids is 1. The summed E-state index contributed by atoms with van der Waals surface area (Å²) >= 11 is 0. The number of hydrogen-bond donors (Lipinski definition) is 2. The fraction of sp³-hybridized carbons (Fsp3) is 0.158. The first-order valence-corrected chi connectivity index (χ1v) is 8.12. The van der Waals surface area contributed by atoms with E-state index in [1.807, 2.05) is 24.3 Å². The summed E-state index contributed by atoms with van der Waals surface area (Å²) in [4.78, 5) is 12.3. The largest absolute Gasteiger partial charge is 0.457 e. The minimum absolute atomic E-state index is 0. The summed E-state index contributed by atoms with van der Waals surface area (Å²) in [6, 6.07) is 13.1. The molecular formula is C19H20ClFN4O2. The van der Waals surface area contributed by atoms with Crippen LogP contribution in [0.5, 0.6) is 11.5 Å². The second-order valence-electron chi connectivity index (χ2n) is 5.76. The van der Waals surface area contributed by atoms with E-state index in [0.29, 0.717) is 23.9 Å². The average molecular weight is 391 g/mol. The second kappa shape index (κ2) is 9.16. The maximum atomic E-state index is 14.1. The molecule has 0 atom stereocenters. The number of rotatable bonds is 6. The van der Waals surface area contributed by atoms with Crippen molar-refractivity contribution in [1.29, 1.82) is 0 Å². The summed E-state index contributed by atoms with van der Waals surface area (Å²) in [5.41, 5.74) is 6.52. The number of aromatic nitrogens is 2. The molecule has 2 aromatic carbocycles. The van der Waals surface area contributed by atoms with Crippen molar-refractivity contribution < 1.29 is 13.9 Å². The molecule has 0 aliphatic carbocycles. The molecule has 6 nitrogen and oxygen atoms in total. The lowest BCUT2D eigenvalue weighted by molar-refractivity contribution is 0.102. The molecule has 3 aromatic rings. The highest BCUT2D eigenvalue weighted by atomic mass is 35.5. The summed E-state index contributed by atoms with van der Waals surface area (Å²) in [6.07, 6.45) is 2.47. The van der Waals surface area contributed by atoms with E-state index in [2.05, 4.69) is 10.4 Å². The van der Waals surface area contributed by atoms with Crippen LogP contribution in [0.3, 0.4) is 0 Å². The average Bonchev–Trinajstić information content (AvgIpc) is 3.03. The molecule has 1 amide bonds. The van der Waals surface area contributed by atoms with Crippen LogP contribution in [0.4, 0.5) is 10.2 Å². The summed E-state index contributed by atoms with van der Waals surface area (Å²) in [5, 5.41) is 6.60. The molecule has 0 saturated heterocycles. The number of hydrogen-bond acceptors (Lipinski definition) is 4. The minimum atomic E-state index is -0.635. The number of halogens is 2. The smallest absolute Gasteiger partial charge is 0.259 e. The van der Waals surface area contributed by atoms with Gasteiger partial charge in [0.15, 0.2) is 5.82 Å². The number of nitrogens with one attached hydrogen (secondary N) is 1. The third-order valence-electron chi connectivity index (χ3n) is 3.73. The van der Waals surface area contributed by atoms with Gasteiger partial charge in [-0.3, -0.25) is 9.48 Å². The first-order valence-electron chi connectivity index (χ1n) is 8.12. The maximum Gasteiger partial charge on any atom is 0.259 e. The SMILES string of the molecule is Cl.Cn1ccc(NC(=O)c2cc(Oc3ccc(CCN)cc3)ccc2F)n1. The lowest BCUT2D eigenvalue weighted by Gasteiger charge is -2.09. The Labute approximate surface area is 162 Å². The lowest BCUT2D eigenvalue weighted by Crippen LogP contribution is -2.14. The molecule has 1 heterocycles. The zero-order valence-electron chi connectivity index (χ0n) is 14.7. The molecule has 27 heavy (non-hydrogen) atoms. The number of benzene rings is 2. The van der Waals surface area contributed by atoms with Crippen LogP contribution >= 0.6 is 12.4 Å². The van der Waals surface area contributed by atoms with Crippen molar-refractivity contribution in [3.63, 3.8) is 0 Å². The molecule has 0 radical (unpaired) electrons. The predicted octanol–water partition coefficient (Wildman–Crippen LogP) is 3.53. The lowest BCUT2D eigenvalue weighted by atomic mass is 10.1. The Kier molecular flexibility index (Phi) is 6.92. The van der Waals surface area contributed by atoms with E-state index in [9.17, 15) is 9.18 Å². The van der Waals surface area contributed by atoms with Crippen LogP contribution in [0.25, 0.3) is 0 Å². The zero-order chi connectivity index (χ0) is 18.5. The summed E-state index contributed by atoms with van der Waals surface area (Å²) in [5.74, 6) is 0.0744. The Morgan fingerprint density at radius 2 is 1.89 bits per heavy atom. The molecule has 0 aliphatic heterocycles. The van der Waals surface area contributed by atoms with Crippen LogP contribution in [-0.4, -0.2) is 22.2 Å². The molecular weight excluding hydrogens is 371 g/mol. The molecule has 0 saturated carbocycles. The monoisotopic (exact) mass is 390 g/mol. The van der Waals surface area contributed by atoms with Crippen molar-refractivity contribution in [2.75, 3.05) is 11.9 Å². The highest BCUT2D eigenvalue weighted by molar-refractivity contribution is 6.04. The van der Waals surface area contributed by atoms with Gasteiger partial charge in [0.25, 0.3) is 5.91 Å². The number of nitrogens with two attached hydrogens (primary N) is 1. The maximum absolute atomic E-state index is 14.1. The molecule has 0 unspecified atom stereocenters. The molecule has 0 bridgehead atoms. The number of aryl methyl sites for hydroxylation is 1. The van der Waals surface area contributed by atoms with Crippen molar-refractivity contribution in [3.05, 3.63) is 71.7 Å². The highest BCUT2D eigenvalue weighted by Crippen LogP contribution is 2.24. The topological polar surface area (TPSA) is 82.2 Å². The van der Waals surface area contributed by atoms with E-state index in [1.165, 1.54) is 18.2 Å². The van der Waals surface area contributed by atoms with Crippen LogP contribution < -0.4 is 15.8 Å². The van der Waals surface area contributed by atoms with Gasteiger partial charge in [-0.15, -0.1) is 12.4 Å². The summed E-state index contributed by atoms with van der Waals surface area (Å²) < 4.78 is 21.3. The fourth-order valence-electron chi connectivity index (χ4n) is 2.43. The molecule has 3 N–H and O–H groups in total. The van der Waals surface area contributed by atoms with Crippen molar-refractivity contribution in [2.24, 2.45) is 12.8 Å². The minimum Gasteiger partial charge on any atom is -0.457 e. The number of nitrogens with zero attached hydrogens (tertiary/aromatic N) is 2. The Morgan fingerprint density at radius 1 is 1.19 bits per heavy atom. The van der Waals surface area contributed by atoms with Gasteiger partial charge in [0.1, 0.15) is 17.3 Å². The Morgan fingerprint density at radius 3 is 2.52 bits per heavy atom. The number of amides is 1. The van der Waals surface area contributed by atoms with Crippen LogP contribution in [0.15, 0.2) is 54.7 Å².